The molecule has 1 fully saturated rings. The minimum atomic E-state index is 0.469. The summed E-state index contributed by atoms with van der Waals surface area (Å²) in [5.41, 5.74) is 3.72. The summed E-state index contributed by atoms with van der Waals surface area (Å²) in [6.45, 7) is 8.02. The number of hydrogen-bond donors (Lipinski definition) is 1. The lowest BCUT2D eigenvalue weighted by Gasteiger charge is -2.35. The summed E-state index contributed by atoms with van der Waals surface area (Å²) < 4.78 is 7.86. The van der Waals surface area contributed by atoms with E-state index in [2.05, 4.69) is 40.9 Å². The molecule has 0 aromatic carbocycles. The zero-order valence-electron chi connectivity index (χ0n) is 11.8. The Balaban J connectivity index is 1.63. The van der Waals surface area contributed by atoms with Crippen LogP contribution >= 0.6 is 11.3 Å². The lowest BCUT2D eigenvalue weighted by Crippen LogP contribution is -2.45. The van der Waals surface area contributed by atoms with Gasteiger partial charge in [-0.25, -0.2) is 4.98 Å². The van der Waals surface area contributed by atoms with Gasteiger partial charge in [-0.1, -0.05) is 0 Å². The minimum absolute atomic E-state index is 0.469. The van der Waals surface area contributed by atoms with E-state index in [-0.39, 0.29) is 0 Å². The number of thiazole rings is 1. The highest BCUT2D eigenvalue weighted by atomic mass is 32.1. The van der Waals surface area contributed by atoms with Crippen LogP contribution in [-0.4, -0.2) is 28.1 Å². The van der Waals surface area contributed by atoms with Crippen LogP contribution in [0.4, 0.5) is 0 Å². The number of hydrogen-bond acceptors (Lipinski definition) is 4. The van der Waals surface area contributed by atoms with Crippen LogP contribution in [0.2, 0.25) is 0 Å². The normalized spacial score (nSPS) is 22.9. The van der Waals surface area contributed by atoms with Crippen LogP contribution in [0.25, 0.3) is 4.96 Å². The predicted molar refractivity (Wildman–Crippen MR) is 77.8 cm³/mol. The molecule has 1 aliphatic carbocycles. The van der Waals surface area contributed by atoms with Gasteiger partial charge in [-0.15, -0.1) is 11.3 Å². The first-order valence-corrected chi connectivity index (χ1v) is 7.84. The minimum Gasteiger partial charge on any atom is -0.378 e. The molecule has 2 aromatic rings. The third kappa shape index (κ3) is 2.42. The molecule has 2 heterocycles. The summed E-state index contributed by atoms with van der Waals surface area (Å²) in [7, 11) is 0. The van der Waals surface area contributed by atoms with E-state index in [9.17, 15) is 0 Å². The zero-order valence-corrected chi connectivity index (χ0v) is 12.6. The van der Waals surface area contributed by atoms with Crippen LogP contribution in [0.1, 0.15) is 36.8 Å². The van der Waals surface area contributed by atoms with Crippen molar-refractivity contribution in [1.29, 1.82) is 0 Å². The maximum absolute atomic E-state index is 5.59. The molecular weight excluding hydrogens is 258 g/mol. The zero-order chi connectivity index (χ0) is 13.4. The second-order valence-corrected chi connectivity index (χ2v) is 6.10. The number of imidazole rings is 1. The fourth-order valence-electron chi connectivity index (χ4n) is 2.72. The number of aromatic nitrogens is 2. The van der Waals surface area contributed by atoms with Crippen molar-refractivity contribution >= 4 is 16.3 Å². The van der Waals surface area contributed by atoms with Gasteiger partial charge in [0.05, 0.1) is 17.5 Å². The Bertz CT molecular complexity index is 569. The average molecular weight is 279 g/mol. The molecule has 0 bridgehead atoms. The highest BCUT2D eigenvalue weighted by Gasteiger charge is 2.29. The Morgan fingerprint density at radius 1 is 1.47 bits per heavy atom. The molecular formula is C14H21N3OS. The van der Waals surface area contributed by atoms with Crippen LogP contribution in [0, 0.1) is 13.8 Å². The van der Waals surface area contributed by atoms with Crippen molar-refractivity contribution in [2.75, 3.05) is 6.61 Å². The maximum Gasteiger partial charge on any atom is 0.194 e. The molecule has 5 heteroatoms. The molecule has 19 heavy (non-hydrogen) atoms. The third-order valence-corrected chi connectivity index (χ3v) is 4.83. The first-order valence-electron chi connectivity index (χ1n) is 6.96. The predicted octanol–water partition coefficient (Wildman–Crippen LogP) is 2.67. The van der Waals surface area contributed by atoms with Gasteiger partial charge in [-0.3, -0.25) is 4.40 Å². The molecule has 1 N–H and O–H groups in total. The summed E-state index contributed by atoms with van der Waals surface area (Å²) in [5, 5.41) is 5.79. The number of nitrogens with zero attached hydrogens (tertiary/aromatic N) is 2. The summed E-state index contributed by atoms with van der Waals surface area (Å²) in [4.78, 5) is 5.72. The number of fused-ring (bicyclic) bond motifs is 1. The van der Waals surface area contributed by atoms with Gasteiger partial charge in [-0.2, -0.15) is 0 Å². The molecule has 4 nitrogen and oxygen atoms in total. The third-order valence-electron chi connectivity index (χ3n) is 3.89. The second kappa shape index (κ2) is 5.23. The van der Waals surface area contributed by atoms with Crippen molar-refractivity contribution < 1.29 is 4.74 Å². The van der Waals surface area contributed by atoms with Gasteiger partial charge in [0.25, 0.3) is 0 Å². The van der Waals surface area contributed by atoms with Gasteiger partial charge >= 0.3 is 0 Å². The fourth-order valence-corrected chi connectivity index (χ4v) is 3.65. The van der Waals surface area contributed by atoms with E-state index < -0.39 is 0 Å². The average Bonchev–Trinajstić information content (AvgIpc) is 2.83. The van der Waals surface area contributed by atoms with Gasteiger partial charge < -0.3 is 10.1 Å². The molecule has 0 aliphatic heterocycles. The molecule has 3 rings (SSSR count). The lowest BCUT2D eigenvalue weighted by atomic mass is 9.89. The van der Waals surface area contributed by atoms with E-state index in [0.29, 0.717) is 12.1 Å². The van der Waals surface area contributed by atoms with E-state index in [4.69, 9.17) is 4.74 Å². The van der Waals surface area contributed by atoms with Crippen molar-refractivity contribution in [3.05, 3.63) is 22.5 Å². The van der Waals surface area contributed by atoms with Crippen molar-refractivity contribution in [3.63, 3.8) is 0 Å². The van der Waals surface area contributed by atoms with Gasteiger partial charge in [-0.05, 0) is 33.6 Å². The number of rotatable bonds is 5. The van der Waals surface area contributed by atoms with E-state index in [0.717, 1.165) is 36.6 Å². The molecule has 0 radical (unpaired) electrons. The molecule has 0 amide bonds. The van der Waals surface area contributed by atoms with Crippen molar-refractivity contribution in [2.24, 2.45) is 0 Å². The Morgan fingerprint density at radius 3 is 3.00 bits per heavy atom. The highest BCUT2D eigenvalue weighted by Crippen LogP contribution is 2.25. The first kappa shape index (κ1) is 13.1. The largest absolute Gasteiger partial charge is 0.378 e. The summed E-state index contributed by atoms with van der Waals surface area (Å²) >= 11 is 1.71. The monoisotopic (exact) mass is 279 g/mol. The van der Waals surface area contributed by atoms with Gasteiger partial charge in [0.1, 0.15) is 0 Å². The van der Waals surface area contributed by atoms with Crippen LogP contribution in [-0.2, 0) is 11.3 Å². The molecule has 2 aromatic heterocycles. The van der Waals surface area contributed by atoms with E-state index in [1.54, 1.807) is 11.3 Å². The number of aryl methyl sites for hydroxylation is 2. The van der Waals surface area contributed by atoms with Crippen molar-refractivity contribution in [2.45, 2.75) is 52.3 Å². The van der Waals surface area contributed by atoms with E-state index >= 15 is 0 Å². The second-order valence-electron chi connectivity index (χ2n) is 5.27. The molecule has 0 atom stereocenters. The summed E-state index contributed by atoms with van der Waals surface area (Å²) in [6, 6.07) is 0.598. The smallest absolute Gasteiger partial charge is 0.194 e. The van der Waals surface area contributed by atoms with Crippen LogP contribution < -0.4 is 5.32 Å². The topological polar surface area (TPSA) is 38.6 Å². The highest BCUT2D eigenvalue weighted by molar-refractivity contribution is 7.15. The van der Waals surface area contributed by atoms with Crippen LogP contribution in [0.5, 0.6) is 0 Å². The Kier molecular flexibility index (Phi) is 3.60. The number of ether oxygens (including phenoxy) is 1. The van der Waals surface area contributed by atoms with Gasteiger partial charge in [0.15, 0.2) is 4.96 Å². The molecule has 1 aliphatic rings. The molecule has 0 spiro atoms. The molecule has 104 valence electrons. The van der Waals surface area contributed by atoms with Gasteiger partial charge in [0.2, 0.25) is 0 Å². The van der Waals surface area contributed by atoms with Crippen molar-refractivity contribution in [3.8, 4) is 0 Å². The summed E-state index contributed by atoms with van der Waals surface area (Å²) in [5.74, 6) is 0. The SMILES string of the molecule is CCOC1CC(NCc2c(C)nc3scc(C)n23)C1. The van der Waals surface area contributed by atoms with E-state index in [1.165, 1.54) is 11.4 Å². The summed E-state index contributed by atoms with van der Waals surface area (Å²) in [6.07, 6.45) is 2.74. The van der Waals surface area contributed by atoms with E-state index in [1.807, 2.05) is 0 Å². The Labute approximate surface area is 117 Å². The lowest BCUT2D eigenvalue weighted by molar-refractivity contribution is -0.0103. The van der Waals surface area contributed by atoms with Gasteiger partial charge in [0, 0.05) is 30.3 Å². The number of nitrogens with one attached hydrogen (secondary N) is 1. The first-order chi connectivity index (χ1) is 9.19. The fraction of sp³-hybridized carbons (Fsp3) is 0.643. The molecule has 1 saturated carbocycles. The Hall–Kier alpha value is -0.910. The standard InChI is InChI=1S/C14H21N3OS/c1-4-18-12-5-11(6-12)15-7-13-10(3)16-14-17(13)9(2)8-19-14/h8,11-12,15H,4-7H2,1-3H3. The molecule has 0 unspecified atom stereocenters. The van der Waals surface area contributed by atoms with Crippen LogP contribution in [0.15, 0.2) is 5.38 Å². The van der Waals surface area contributed by atoms with Crippen LogP contribution in [0.3, 0.4) is 0 Å². The molecule has 0 saturated heterocycles. The quantitative estimate of drug-likeness (QED) is 0.914. The Morgan fingerprint density at radius 2 is 2.26 bits per heavy atom. The maximum atomic E-state index is 5.59. The van der Waals surface area contributed by atoms with Crippen molar-refractivity contribution in [1.82, 2.24) is 14.7 Å².